The molecule has 0 amide bonds. The van der Waals surface area contributed by atoms with Crippen molar-refractivity contribution in [1.82, 2.24) is 4.31 Å². The van der Waals surface area contributed by atoms with Crippen LogP contribution in [0.2, 0.25) is 0 Å². The Hall–Kier alpha value is 0.200. The lowest BCUT2D eigenvalue weighted by atomic mass is 10.0. The number of piperidine rings is 1. The Morgan fingerprint density at radius 3 is 2.25 bits per heavy atom. The van der Waals surface area contributed by atoms with E-state index in [9.17, 15) is 8.42 Å². The van der Waals surface area contributed by atoms with E-state index >= 15 is 0 Å². The van der Waals surface area contributed by atoms with E-state index < -0.39 is 10.0 Å². The van der Waals surface area contributed by atoms with E-state index in [-0.39, 0.29) is 23.8 Å². The SMILES string of the molecule is CC(CCl)CS(=O)(=O)N1C(C)CCCC1C. The van der Waals surface area contributed by atoms with Crippen molar-refractivity contribution in [3.05, 3.63) is 0 Å². The third-order valence-electron chi connectivity index (χ3n) is 3.19. The highest BCUT2D eigenvalue weighted by molar-refractivity contribution is 7.89. The monoisotopic (exact) mass is 267 g/mol. The van der Waals surface area contributed by atoms with Gasteiger partial charge < -0.3 is 0 Å². The minimum atomic E-state index is -3.14. The van der Waals surface area contributed by atoms with Crippen molar-refractivity contribution >= 4 is 21.6 Å². The molecule has 5 heteroatoms. The van der Waals surface area contributed by atoms with Crippen LogP contribution in [-0.2, 0) is 10.0 Å². The van der Waals surface area contributed by atoms with Crippen molar-refractivity contribution in [2.75, 3.05) is 11.6 Å². The van der Waals surface area contributed by atoms with Crippen LogP contribution in [0.4, 0.5) is 0 Å². The van der Waals surface area contributed by atoms with Crippen molar-refractivity contribution in [3.8, 4) is 0 Å². The van der Waals surface area contributed by atoms with Gasteiger partial charge in [0, 0.05) is 18.0 Å². The van der Waals surface area contributed by atoms with Crippen LogP contribution in [0, 0.1) is 5.92 Å². The molecule has 0 aliphatic carbocycles. The Bertz CT molecular complexity index is 308. The van der Waals surface area contributed by atoms with Gasteiger partial charge in [-0.3, -0.25) is 0 Å². The van der Waals surface area contributed by atoms with Crippen molar-refractivity contribution in [2.45, 2.75) is 52.1 Å². The summed E-state index contributed by atoms with van der Waals surface area (Å²) in [5.74, 6) is 0.592. The van der Waals surface area contributed by atoms with Gasteiger partial charge in [-0.2, -0.15) is 4.31 Å². The number of halogens is 1. The second kappa shape index (κ2) is 5.69. The predicted molar refractivity (Wildman–Crippen MR) is 68.3 cm³/mol. The Morgan fingerprint density at radius 2 is 1.81 bits per heavy atom. The maximum absolute atomic E-state index is 12.2. The standard InChI is InChI=1S/C11H22ClNO2S/c1-9(7-12)8-16(14,15)13-10(2)5-4-6-11(13)3/h9-11H,4-8H2,1-3H3. The van der Waals surface area contributed by atoms with Crippen LogP contribution in [0.15, 0.2) is 0 Å². The second-order valence-corrected chi connectivity index (χ2v) is 7.22. The number of hydrogen-bond donors (Lipinski definition) is 0. The van der Waals surface area contributed by atoms with E-state index in [1.54, 1.807) is 4.31 Å². The van der Waals surface area contributed by atoms with Crippen LogP contribution in [-0.4, -0.2) is 36.4 Å². The minimum Gasteiger partial charge on any atom is -0.212 e. The molecular weight excluding hydrogens is 246 g/mol. The second-order valence-electron chi connectivity index (χ2n) is 5.00. The molecule has 0 spiro atoms. The van der Waals surface area contributed by atoms with Gasteiger partial charge in [0.2, 0.25) is 10.0 Å². The molecule has 3 unspecified atom stereocenters. The van der Waals surface area contributed by atoms with E-state index in [1.807, 2.05) is 20.8 Å². The van der Waals surface area contributed by atoms with Crippen LogP contribution < -0.4 is 0 Å². The van der Waals surface area contributed by atoms with Gasteiger partial charge in [-0.05, 0) is 32.6 Å². The maximum atomic E-state index is 12.2. The first kappa shape index (κ1) is 14.3. The normalized spacial score (nSPS) is 30.2. The lowest BCUT2D eigenvalue weighted by molar-refractivity contribution is 0.203. The van der Waals surface area contributed by atoms with Crippen LogP contribution in [0.1, 0.15) is 40.0 Å². The maximum Gasteiger partial charge on any atom is 0.214 e. The lowest BCUT2D eigenvalue weighted by Gasteiger charge is -2.38. The third-order valence-corrected chi connectivity index (χ3v) is 6.07. The Morgan fingerprint density at radius 1 is 1.31 bits per heavy atom. The van der Waals surface area contributed by atoms with Gasteiger partial charge in [-0.1, -0.05) is 13.3 Å². The third kappa shape index (κ3) is 3.34. The molecule has 3 nitrogen and oxygen atoms in total. The fourth-order valence-corrected chi connectivity index (χ4v) is 4.99. The molecule has 1 aliphatic heterocycles. The molecule has 1 rings (SSSR count). The van der Waals surface area contributed by atoms with Gasteiger partial charge in [0.1, 0.15) is 0 Å². The fourth-order valence-electron chi connectivity index (χ4n) is 2.44. The van der Waals surface area contributed by atoms with E-state index in [0.717, 1.165) is 19.3 Å². The molecule has 1 aliphatic rings. The van der Waals surface area contributed by atoms with Gasteiger partial charge >= 0.3 is 0 Å². The smallest absolute Gasteiger partial charge is 0.212 e. The molecule has 0 radical (unpaired) electrons. The highest BCUT2D eigenvalue weighted by Crippen LogP contribution is 2.26. The Labute approximate surface area is 104 Å². The fraction of sp³-hybridized carbons (Fsp3) is 1.00. The van der Waals surface area contributed by atoms with Crippen LogP contribution in [0.3, 0.4) is 0 Å². The summed E-state index contributed by atoms with van der Waals surface area (Å²) in [5.41, 5.74) is 0. The molecule has 1 saturated heterocycles. The number of nitrogens with zero attached hydrogens (tertiary/aromatic N) is 1. The lowest BCUT2D eigenvalue weighted by Crippen LogP contribution is -2.49. The number of alkyl halides is 1. The first-order valence-corrected chi connectivity index (χ1v) is 8.10. The van der Waals surface area contributed by atoms with Crippen LogP contribution >= 0.6 is 11.6 Å². The van der Waals surface area contributed by atoms with E-state index in [1.165, 1.54) is 0 Å². The topological polar surface area (TPSA) is 37.4 Å². The summed E-state index contributed by atoms with van der Waals surface area (Å²) in [4.78, 5) is 0. The largest absolute Gasteiger partial charge is 0.214 e. The molecule has 0 N–H and O–H groups in total. The van der Waals surface area contributed by atoms with Gasteiger partial charge in [-0.25, -0.2) is 8.42 Å². The van der Waals surface area contributed by atoms with Gasteiger partial charge in [-0.15, -0.1) is 11.6 Å². The van der Waals surface area contributed by atoms with Crippen molar-refractivity contribution < 1.29 is 8.42 Å². The molecule has 3 atom stereocenters. The molecule has 16 heavy (non-hydrogen) atoms. The van der Waals surface area contributed by atoms with Crippen molar-refractivity contribution in [1.29, 1.82) is 0 Å². The Kier molecular flexibility index (Phi) is 5.08. The van der Waals surface area contributed by atoms with E-state index in [2.05, 4.69) is 0 Å². The first-order chi connectivity index (χ1) is 7.38. The molecule has 0 saturated carbocycles. The molecule has 96 valence electrons. The zero-order valence-electron chi connectivity index (χ0n) is 10.3. The molecule has 1 fully saturated rings. The first-order valence-electron chi connectivity index (χ1n) is 5.95. The summed E-state index contributed by atoms with van der Waals surface area (Å²) in [6.07, 6.45) is 3.07. The van der Waals surface area contributed by atoms with E-state index in [0.29, 0.717) is 5.88 Å². The van der Waals surface area contributed by atoms with Crippen molar-refractivity contribution in [3.63, 3.8) is 0 Å². The number of sulfonamides is 1. The minimum absolute atomic E-state index is 0.0213. The number of hydrogen-bond acceptors (Lipinski definition) is 2. The zero-order valence-corrected chi connectivity index (χ0v) is 11.9. The molecular formula is C11H22ClNO2S. The summed E-state index contributed by atoms with van der Waals surface area (Å²) >= 11 is 5.69. The quantitative estimate of drug-likeness (QED) is 0.734. The summed E-state index contributed by atoms with van der Waals surface area (Å²) in [6, 6.07) is 0.271. The van der Waals surface area contributed by atoms with Crippen molar-refractivity contribution in [2.24, 2.45) is 5.92 Å². The molecule has 0 aromatic heterocycles. The predicted octanol–water partition coefficient (Wildman–Crippen LogP) is 2.45. The highest BCUT2D eigenvalue weighted by Gasteiger charge is 2.34. The number of rotatable bonds is 4. The van der Waals surface area contributed by atoms with Crippen LogP contribution in [0.25, 0.3) is 0 Å². The molecule has 0 aromatic rings. The molecule has 0 bridgehead atoms. The average Bonchev–Trinajstić information content (AvgIpc) is 2.16. The van der Waals surface area contributed by atoms with Gasteiger partial charge in [0.25, 0.3) is 0 Å². The summed E-state index contributed by atoms with van der Waals surface area (Å²) in [5, 5.41) is 0. The molecule has 0 aromatic carbocycles. The van der Waals surface area contributed by atoms with E-state index in [4.69, 9.17) is 11.6 Å². The summed E-state index contributed by atoms with van der Waals surface area (Å²) in [7, 11) is -3.14. The summed E-state index contributed by atoms with van der Waals surface area (Å²) < 4.78 is 26.2. The van der Waals surface area contributed by atoms with Gasteiger partial charge in [0.15, 0.2) is 0 Å². The zero-order chi connectivity index (χ0) is 12.3. The Balaban J connectivity index is 2.80. The average molecular weight is 268 g/mol. The highest BCUT2D eigenvalue weighted by atomic mass is 35.5. The van der Waals surface area contributed by atoms with Crippen LogP contribution in [0.5, 0.6) is 0 Å². The van der Waals surface area contributed by atoms with Gasteiger partial charge in [0.05, 0.1) is 5.75 Å². The summed E-state index contributed by atoms with van der Waals surface area (Å²) in [6.45, 7) is 5.88. The molecule has 1 heterocycles.